The van der Waals surface area contributed by atoms with E-state index in [-0.39, 0.29) is 5.56 Å². The maximum atomic E-state index is 13.2. The molecule has 1 aromatic rings. The molecule has 112 valence electrons. The second-order valence-corrected chi connectivity index (χ2v) is 5.45. The molecule has 1 atom stereocenters. The van der Waals surface area contributed by atoms with Gasteiger partial charge in [0.1, 0.15) is 6.04 Å². The summed E-state index contributed by atoms with van der Waals surface area (Å²) in [6.07, 6.45) is 2.03. The van der Waals surface area contributed by atoms with Crippen molar-refractivity contribution in [3.05, 3.63) is 35.4 Å². The molecule has 1 saturated carbocycles. The Balaban J connectivity index is 2.11. The van der Waals surface area contributed by atoms with Crippen LogP contribution in [0.3, 0.4) is 0 Å². The van der Waals surface area contributed by atoms with Crippen LogP contribution >= 0.6 is 0 Å². The summed E-state index contributed by atoms with van der Waals surface area (Å²) in [5, 5.41) is 0. The summed E-state index contributed by atoms with van der Waals surface area (Å²) in [5.41, 5.74) is 6.41. The molecule has 0 spiro atoms. The van der Waals surface area contributed by atoms with Gasteiger partial charge in [-0.2, -0.15) is 8.78 Å². The van der Waals surface area contributed by atoms with E-state index in [1.54, 1.807) is 12.1 Å². The minimum absolute atomic E-state index is 0.0508. The van der Waals surface area contributed by atoms with Gasteiger partial charge in [0.05, 0.1) is 0 Å². The Bertz CT molecular complexity index is 424. The van der Waals surface area contributed by atoms with E-state index < -0.39 is 18.4 Å². The van der Waals surface area contributed by atoms with Crippen LogP contribution in [0.25, 0.3) is 0 Å². The van der Waals surface area contributed by atoms with Crippen molar-refractivity contribution >= 4 is 0 Å². The molecule has 5 heteroatoms. The summed E-state index contributed by atoms with van der Waals surface area (Å²) >= 11 is 0. The Morgan fingerprint density at radius 1 is 1.00 bits per heavy atom. The molecule has 0 aliphatic heterocycles. The Morgan fingerprint density at radius 2 is 1.55 bits per heavy atom. The van der Waals surface area contributed by atoms with Crippen molar-refractivity contribution in [3.8, 4) is 0 Å². The van der Waals surface area contributed by atoms with Gasteiger partial charge in [0.25, 0.3) is 0 Å². The fraction of sp³-hybridized carbons (Fsp3) is 0.600. The highest BCUT2D eigenvalue weighted by Crippen LogP contribution is 2.36. The van der Waals surface area contributed by atoms with E-state index in [9.17, 15) is 17.6 Å². The van der Waals surface area contributed by atoms with E-state index in [4.69, 9.17) is 5.73 Å². The lowest BCUT2D eigenvalue weighted by Crippen LogP contribution is -2.39. The van der Waals surface area contributed by atoms with Crippen molar-refractivity contribution in [3.63, 3.8) is 0 Å². The van der Waals surface area contributed by atoms with Crippen LogP contribution < -0.4 is 5.73 Å². The fourth-order valence-corrected chi connectivity index (χ4v) is 2.77. The van der Waals surface area contributed by atoms with Crippen molar-refractivity contribution in [1.29, 1.82) is 0 Å². The van der Waals surface area contributed by atoms with Crippen LogP contribution in [0, 0.1) is 0 Å². The largest absolute Gasteiger partial charge is 0.326 e. The molecule has 1 aliphatic rings. The zero-order chi connectivity index (χ0) is 14.8. The molecule has 0 aromatic heterocycles. The summed E-state index contributed by atoms with van der Waals surface area (Å²) in [6.45, 7) is 0. The molecule has 0 heterocycles. The zero-order valence-electron chi connectivity index (χ0n) is 11.2. The molecule has 1 unspecified atom stereocenters. The lowest BCUT2D eigenvalue weighted by Gasteiger charge is -2.25. The number of hydrogen-bond acceptors (Lipinski definition) is 1. The van der Waals surface area contributed by atoms with Crippen LogP contribution in [0.2, 0.25) is 0 Å². The van der Waals surface area contributed by atoms with Gasteiger partial charge in [-0.05, 0) is 29.9 Å². The Labute approximate surface area is 116 Å². The van der Waals surface area contributed by atoms with Gasteiger partial charge in [-0.1, -0.05) is 43.5 Å². The first-order valence-electron chi connectivity index (χ1n) is 6.94. The van der Waals surface area contributed by atoms with Gasteiger partial charge >= 0.3 is 12.3 Å². The molecule has 1 fully saturated rings. The van der Waals surface area contributed by atoms with Crippen LogP contribution in [0.5, 0.6) is 0 Å². The van der Waals surface area contributed by atoms with Crippen LogP contribution in [0.15, 0.2) is 24.3 Å². The quantitative estimate of drug-likeness (QED) is 0.803. The van der Waals surface area contributed by atoms with E-state index in [0.29, 0.717) is 5.92 Å². The first-order valence-corrected chi connectivity index (χ1v) is 6.94. The van der Waals surface area contributed by atoms with Crippen molar-refractivity contribution in [2.24, 2.45) is 5.73 Å². The normalized spacial score (nSPS) is 19.3. The molecule has 2 rings (SSSR count). The van der Waals surface area contributed by atoms with E-state index in [1.807, 2.05) is 0 Å². The van der Waals surface area contributed by atoms with Crippen LogP contribution in [-0.2, 0) is 0 Å². The molecular weight excluding hydrogens is 270 g/mol. The van der Waals surface area contributed by atoms with Gasteiger partial charge in [-0.25, -0.2) is 8.78 Å². The topological polar surface area (TPSA) is 26.0 Å². The summed E-state index contributed by atoms with van der Waals surface area (Å²) in [5.74, 6) is -3.75. The number of hydrogen-bond donors (Lipinski definition) is 1. The lowest BCUT2D eigenvalue weighted by atomic mass is 9.83. The van der Waals surface area contributed by atoms with E-state index in [2.05, 4.69) is 0 Å². The molecule has 0 amide bonds. The second-order valence-electron chi connectivity index (χ2n) is 5.45. The third-order valence-corrected chi connectivity index (χ3v) is 4.08. The average molecular weight is 289 g/mol. The molecule has 1 aliphatic carbocycles. The van der Waals surface area contributed by atoms with Crippen molar-refractivity contribution in [2.45, 2.75) is 56.4 Å². The number of benzene rings is 1. The molecular formula is C15H19F4N. The zero-order valence-corrected chi connectivity index (χ0v) is 11.2. The summed E-state index contributed by atoms with van der Waals surface area (Å²) in [6, 6.07) is 4.41. The molecule has 0 bridgehead atoms. The van der Waals surface area contributed by atoms with Gasteiger partial charge in [0.15, 0.2) is 0 Å². The number of halogens is 4. The average Bonchev–Trinajstić information content (AvgIpc) is 2.47. The summed E-state index contributed by atoms with van der Waals surface area (Å²) in [4.78, 5) is 0. The minimum atomic E-state index is -4.20. The molecule has 1 aromatic carbocycles. The Morgan fingerprint density at radius 3 is 2.05 bits per heavy atom. The molecule has 1 nitrogen and oxygen atoms in total. The van der Waals surface area contributed by atoms with Gasteiger partial charge in [0, 0.05) is 0 Å². The highest BCUT2D eigenvalue weighted by Gasteiger charge is 2.47. The summed E-state index contributed by atoms with van der Waals surface area (Å²) in [7, 11) is 0. The van der Waals surface area contributed by atoms with Gasteiger partial charge in [0.2, 0.25) is 0 Å². The highest BCUT2D eigenvalue weighted by atomic mass is 19.3. The van der Waals surface area contributed by atoms with Crippen LogP contribution in [-0.4, -0.2) is 12.3 Å². The van der Waals surface area contributed by atoms with Crippen molar-refractivity contribution in [1.82, 2.24) is 0 Å². The van der Waals surface area contributed by atoms with Gasteiger partial charge in [-0.3, -0.25) is 0 Å². The Hall–Kier alpha value is -1.10. The predicted octanol–water partition coefficient (Wildman–Crippen LogP) is 4.63. The fourth-order valence-electron chi connectivity index (χ4n) is 2.77. The summed E-state index contributed by atoms with van der Waals surface area (Å²) < 4.78 is 51.0. The number of nitrogens with two attached hydrogens (primary N) is 1. The Kier molecular flexibility index (Phi) is 4.68. The monoisotopic (exact) mass is 289 g/mol. The molecule has 20 heavy (non-hydrogen) atoms. The second kappa shape index (κ2) is 6.12. The maximum absolute atomic E-state index is 13.2. The van der Waals surface area contributed by atoms with Crippen molar-refractivity contribution < 1.29 is 17.6 Å². The standard InChI is InChI=1S/C15H19F4N/c16-14(17)15(18,19)13(20)12-8-6-11(7-9-12)10-4-2-1-3-5-10/h6-10,13-14H,1-5,20H2. The van der Waals surface area contributed by atoms with E-state index >= 15 is 0 Å². The third-order valence-electron chi connectivity index (χ3n) is 4.08. The first kappa shape index (κ1) is 15.3. The minimum Gasteiger partial charge on any atom is -0.319 e. The maximum Gasteiger partial charge on any atom is 0.326 e. The van der Waals surface area contributed by atoms with E-state index in [1.165, 1.54) is 31.4 Å². The third kappa shape index (κ3) is 3.14. The predicted molar refractivity (Wildman–Crippen MR) is 70.1 cm³/mol. The smallest absolute Gasteiger partial charge is 0.319 e. The van der Waals surface area contributed by atoms with Gasteiger partial charge in [-0.15, -0.1) is 0 Å². The highest BCUT2D eigenvalue weighted by molar-refractivity contribution is 5.28. The van der Waals surface area contributed by atoms with Crippen molar-refractivity contribution in [2.75, 3.05) is 0 Å². The number of alkyl halides is 4. The molecule has 0 saturated heterocycles. The molecule has 0 radical (unpaired) electrons. The van der Waals surface area contributed by atoms with Crippen LogP contribution in [0.4, 0.5) is 17.6 Å². The SMILES string of the molecule is NC(c1ccc(C2CCCCC2)cc1)C(F)(F)C(F)F. The van der Waals surface area contributed by atoms with E-state index in [0.717, 1.165) is 18.4 Å². The first-order chi connectivity index (χ1) is 9.43. The number of rotatable bonds is 4. The lowest BCUT2D eigenvalue weighted by molar-refractivity contribution is -0.144. The van der Waals surface area contributed by atoms with Gasteiger partial charge < -0.3 is 5.73 Å². The molecule has 2 N–H and O–H groups in total. The van der Waals surface area contributed by atoms with Crippen LogP contribution in [0.1, 0.15) is 55.2 Å².